The zero-order valence-corrected chi connectivity index (χ0v) is 44.7. The van der Waals surface area contributed by atoms with Crippen molar-refractivity contribution in [2.45, 2.75) is 180 Å². The highest BCUT2D eigenvalue weighted by Crippen LogP contribution is 2.48. The Hall–Kier alpha value is -3.18. The van der Waals surface area contributed by atoms with Crippen molar-refractivity contribution in [2.75, 3.05) is 41.6 Å². The molecular weight excluding hydrogens is 922 g/mol. The van der Waals surface area contributed by atoms with Gasteiger partial charge in [-0.2, -0.15) is 0 Å². The van der Waals surface area contributed by atoms with Crippen molar-refractivity contribution in [3.63, 3.8) is 0 Å². The van der Waals surface area contributed by atoms with Gasteiger partial charge in [0.15, 0.2) is 5.78 Å². The molecule has 3 heterocycles. The molecule has 0 aromatic heterocycles. The van der Waals surface area contributed by atoms with Gasteiger partial charge >= 0.3 is 13.6 Å². The van der Waals surface area contributed by atoms with E-state index in [1.807, 2.05) is 58.1 Å². The van der Waals surface area contributed by atoms with Gasteiger partial charge in [-0.1, -0.05) is 71.1 Å². The number of aliphatic hydroxyl groups excluding tert-OH is 1. The van der Waals surface area contributed by atoms with Gasteiger partial charge in [-0.3, -0.25) is 23.7 Å². The number of ether oxygens (including phenoxy) is 5. The Balaban J connectivity index is 1.70. The van der Waals surface area contributed by atoms with E-state index in [4.69, 9.17) is 32.7 Å². The summed E-state index contributed by atoms with van der Waals surface area (Å²) in [6.45, 7) is 14.1. The molecule has 0 aromatic rings. The molecule has 2 saturated heterocycles. The summed E-state index contributed by atoms with van der Waals surface area (Å²) in [5.41, 5.74) is 1.24. The third kappa shape index (κ3) is 15.9. The first-order chi connectivity index (χ1) is 33.0. The normalized spacial score (nSPS) is 39.3. The molecule has 0 radical (unpaired) electrons. The summed E-state index contributed by atoms with van der Waals surface area (Å²) in [4.78, 5) is 72.3. The molecule has 2 bridgehead atoms. The predicted molar refractivity (Wildman–Crippen MR) is 265 cm³/mol. The molecule has 2 unspecified atom stereocenters. The van der Waals surface area contributed by atoms with Crippen LogP contribution in [-0.4, -0.2) is 141 Å². The average molecular weight is 1010 g/mol. The molecule has 4 aliphatic rings. The minimum Gasteiger partial charge on any atom is -0.460 e. The maximum Gasteiger partial charge on any atom is 0.329 e. The molecule has 0 spiro atoms. The number of allylic oxidation sites excluding steroid dienone is 6. The minimum absolute atomic E-state index is 0.00690. The molecule has 2 N–H and O–H groups in total. The molecule has 4 rings (SSSR count). The number of ketones is 3. The predicted octanol–water partition coefficient (Wildman–Crippen LogP) is 7.67. The minimum atomic E-state index is -3.30. The van der Waals surface area contributed by atoms with Gasteiger partial charge in [-0.25, -0.2) is 4.79 Å². The van der Waals surface area contributed by atoms with Gasteiger partial charge in [-0.05, 0) is 107 Å². The first kappa shape index (κ1) is 59.4. The van der Waals surface area contributed by atoms with Crippen LogP contribution in [0.1, 0.15) is 126 Å². The van der Waals surface area contributed by atoms with E-state index < -0.39 is 97.6 Å². The Morgan fingerprint density at radius 2 is 1.57 bits per heavy atom. The quantitative estimate of drug-likeness (QED) is 0.0982. The van der Waals surface area contributed by atoms with Crippen molar-refractivity contribution in [3.05, 3.63) is 47.6 Å². The van der Waals surface area contributed by atoms with Gasteiger partial charge < -0.3 is 47.8 Å². The number of hydrogen-bond donors (Lipinski definition) is 2. The second-order valence-electron chi connectivity index (χ2n) is 20.6. The lowest BCUT2D eigenvalue weighted by molar-refractivity contribution is -0.265. The van der Waals surface area contributed by atoms with Crippen LogP contribution in [-0.2, 0) is 61.3 Å². The number of Topliss-reactive ketones (excluding diaryl/α,β-unsaturated/α-hetero) is 3. The van der Waals surface area contributed by atoms with Crippen LogP contribution in [0.5, 0.6) is 0 Å². The number of nitrogens with zero attached hydrogens (tertiary/aromatic N) is 1. The van der Waals surface area contributed by atoms with Crippen LogP contribution in [0.2, 0.25) is 0 Å². The molecule has 17 heteroatoms. The van der Waals surface area contributed by atoms with E-state index in [0.29, 0.717) is 69.8 Å². The number of piperidine rings is 1. The van der Waals surface area contributed by atoms with Crippen LogP contribution in [0, 0.1) is 35.5 Å². The van der Waals surface area contributed by atoms with Gasteiger partial charge in [0.25, 0.3) is 11.7 Å². The number of aliphatic hydroxyl groups is 2. The number of fused-ring (bicyclic) bond motifs is 3. The van der Waals surface area contributed by atoms with E-state index in [1.54, 1.807) is 41.1 Å². The van der Waals surface area contributed by atoms with Crippen molar-refractivity contribution in [1.29, 1.82) is 0 Å². The second kappa shape index (κ2) is 27.2. The number of amides is 1. The molecule has 1 amide bonds. The largest absolute Gasteiger partial charge is 0.460 e. The van der Waals surface area contributed by atoms with Crippen LogP contribution >= 0.6 is 7.60 Å². The fourth-order valence-electron chi connectivity index (χ4n) is 10.5. The third-order valence-corrected chi connectivity index (χ3v) is 16.4. The summed E-state index contributed by atoms with van der Waals surface area (Å²) in [5, 5.41) is 23.5. The topological polar surface area (TPSA) is 211 Å². The summed E-state index contributed by atoms with van der Waals surface area (Å²) in [5.74, 6) is -8.26. The van der Waals surface area contributed by atoms with Gasteiger partial charge in [0.05, 0.1) is 24.4 Å². The molecule has 3 aliphatic heterocycles. The van der Waals surface area contributed by atoms with Crippen LogP contribution in [0.3, 0.4) is 0 Å². The smallest absolute Gasteiger partial charge is 0.329 e. The number of esters is 1. The number of carbonyl (C=O) groups is 5. The van der Waals surface area contributed by atoms with E-state index in [-0.39, 0.29) is 48.7 Å². The summed E-state index contributed by atoms with van der Waals surface area (Å²) in [6.07, 6.45) is 10.8. The van der Waals surface area contributed by atoms with Crippen LogP contribution in [0.4, 0.5) is 0 Å². The second-order valence-corrected chi connectivity index (χ2v) is 22.7. The van der Waals surface area contributed by atoms with Crippen molar-refractivity contribution < 1.29 is 71.5 Å². The van der Waals surface area contributed by atoms with E-state index in [0.717, 1.165) is 5.57 Å². The average Bonchev–Trinajstić information content (AvgIpc) is 3.33. The Labute approximate surface area is 416 Å². The summed E-state index contributed by atoms with van der Waals surface area (Å²) < 4.78 is 53.4. The third-order valence-electron chi connectivity index (χ3n) is 15.1. The van der Waals surface area contributed by atoms with Crippen LogP contribution in [0.25, 0.3) is 0 Å². The molecule has 16 nitrogen and oxygen atoms in total. The first-order valence-electron chi connectivity index (χ1n) is 25.3. The van der Waals surface area contributed by atoms with E-state index >= 15 is 0 Å². The zero-order valence-electron chi connectivity index (χ0n) is 43.8. The van der Waals surface area contributed by atoms with Crippen LogP contribution < -0.4 is 0 Å². The fourth-order valence-corrected chi connectivity index (χ4v) is 11.3. The molecule has 1 saturated carbocycles. The monoisotopic (exact) mass is 1010 g/mol. The van der Waals surface area contributed by atoms with Gasteiger partial charge in [-0.15, -0.1) is 0 Å². The Morgan fingerprint density at radius 1 is 0.857 bits per heavy atom. The van der Waals surface area contributed by atoms with Crippen LogP contribution in [0.15, 0.2) is 47.6 Å². The van der Waals surface area contributed by atoms with Crippen molar-refractivity contribution in [3.8, 4) is 0 Å². The van der Waals surface area contributed by atoms with Gasteiger partial charge in [0.1, 0.15) is 30.1 Å². The summed E-state index contributed by atoms with van der Waals surface area (Å²) in [6, 6.07) is -1.17. The highest BCUT2D eigenvalue weighted by Gasteiger charge is 2.53. The molecule has 396 valence electrons. The summed E-state index contributed by atoms with van der Waals surface area (Å²) >= 11 is 0. The maximum absolute atomic E-state index is 14.5. The van der Waals surface area contributed by atoms with Crippen molar-refractivity contribution >= 4 is 36.8 Å². The zero-order chi connectivity index (χ0) is 52.1. The highest BCUT2D eigenvalue weighted by molar-refractivity contribution is 7.52. The number of methoxy groups -OCH3 is 3. The number of hydrogen-bond acceptors (Lipinski definition) is 15. The lowest BCUT2D eigenvalue weighted by Gasteiger charge is -2.42. The SMILES string of the molecule is CO[C@H]1C[C@@H]2CC[C@@H](C)[C@@](O)(O2)C(=O)C(=O)N2CCCCC2C(=O)O[C@H]([C@H](C)C[C@@H]2CC[C@@H](OP(C)(=O)OC)[C@H](OC)C2)CC(=O)[C@H](C)/C=C(\C)[C@@H](O)[C@@H](OC)C(=O)[C@H](C)C[C@H](C)/C=C/C=C/C=C/1C. The fraction of sp³-hybridized carbons (Fsp3) is 0.755. The van der Waals surface area contributed by atoms with Gasteiger partial charge in [0.2, 0.25) is 5.79 Å². The maximum atomic E-state index is 14.5. The van der Waals surface area contributed by atoms with Crippen molar-refractivity contribution in [1.82, 2.24) is 4.90 Å². The Morgan fingerprint density at radius 3 is 2.23 bits per heavy atom. The van der Waals surface area contributed by atoms with E-state index in [1.165, 1.54) is 25.8 Å². The standard InChI is InChI=1S/C53H84NO15P/c1-32-18-14-13-15-19-33(2)44(63-8)30-40-23-21-38(7)53(61,68-40)50(58)51(59)54-25-17-16-20-41(54)52(60)67-45(35(4)28-39-22-24-43(46(29-39)64-9)69-70(12,62)66-11)31-42(55)34(3)27-37(6)48(57)49(65-10)47(56)36(5)26-32/h13-15,18-19,27,32,34-36,38-41,43-46,48-49,57,61H,16-17,20-26,28-31H2,1-12H3/b15-13+,18-14+,33-19+,37-27+/t32-,34-,35-,36-,38-,39+,40+,41?,43-,44+,45+,46-,48-,49+,53-,70?/m1/s1. The van der Waals surface area contributed by atoms with Crippen molar-refractivity contribution in [2.24, 2.45) is 35.5 Å². The van der Waals surface area contributed by atoms with E-state index in [2.05, 4.69) is 0 Å². The number of rotatable bonds is 9. The highest BCUT2D eigenvalue weighted by atomic mass is 31.2. The Kier molecular flexibility index (Phi) is 23.1. The Bertz CT molecular complexity index is 1970. The molecular formula is C53H84NO15P. The molecule has 1 aliphatic carbocycles. The molecule has 16 atom stereocenters. The number of carbonyl (C=O) groups excluding carboxylic acids is 5. The summed E-state index contributed by atoms with van der Waals surface area (Å²) in [7, 11) is 2.55. The van der Waals surface area contributed by atoms with Gasteiger partial charge in [0, 0.05) is 72.2 Å². The lowest BCUT2D eigenvalue weighted by Crippen LogP contribution is -2.61. The molecule has 70 heavy (non-hydrogen) atoms. The number of cyclic esters (lactones) is 1. The first-order valence-corrected chi connectivity index (χ1v) is 27.3. The molecule has 0 aromatic carbocycles. The van der Waals surface area contributed by atoms with E-state index in [9.17, 15) is 38.8 Å². The lowest BCUT2D eigenvalue weighted by atomic mass is 9.78. The molecule has 3 fully saturated rings.